The monoisotopic (exact) mass is 216 g/mol. The lowest BCUT2D eigenvalue weighted by atomic mass is 10.3. The fourth-order valence-electron chi connectivity index (χ4n) is 0.415. The minimum absolute atomic E-state index is 0.861. The Balaban J connectivity index is -0.000000138. The summed E-state index contributed by atoms with van der Waals surface area (Å²) in [7, 11) is 1.65. The molecule has 0 spiro atoms. The van der Waals surface area contributed by atoms with Crippen molar-refractivity contribution in [3.63, 3.8) is 0 Å². The van der Waals surface area contributed by atoms with E-state index in [-0.39, 0.29) is 0 Å². The topological polar surface area (TPSA) is 24.7 Å². The molecule has 0 amide bonds. The highest BCUT2D eigenvalue weighted by molar-refractivity contribution is 7.98. The molecule has 0 saturated carbocycles. The van der Waals surface area contributed by atoms with Crippen molar-refractivity contribution in [2.24, 2.45) is 15.9 Å². The Kier molecular flexibility index (Phi) is 31.1. The lowest BCUT2D eigenvalue weighted by Crippen LogP contribution is -1.87. The minimum atomic E-state index is 0.861. The van der Waals surface area contributed by atoms with E-state index in [0.717, 1.165) is 5.92 Å². The molecular formula is C11H24N2S. The van der Waals surface area contributed by atoms with Crippen LogP contribution in [0, 0.1) is 5.92 Å². The van der Waals surface area contributed by atoms with Crippen LogP contribution in [-0.4, -0.2) is 32.1 Å². The second kappa shape index (κ2) is 22.9. The Morgan fingerprint density at radius 2 is 1.86 bits per heavy atom. The molecule has 0 aromatic carbocycles. The Bertz CT molecular complexity index is 131. The number of nitrogens with zero attached hydrogens (tertiary/aromatic N) is 2. The third-order valence-corrected chi connectivity index (χ3v) is 1.70. The van der Waals surface area contributed by atoms with Gasteiger partial charge in [0.1, 0.15) is 6.34 Å². The van der Waals surface area contributed by atoms with E-state index in [1.807, 2.05) is 18.7 Å². The summed E-state index contributed by atoms with van der Waals surface area (Å²) < 4.78 is 0. The van der Waals surface area contributed by atoms with Crippen molar-refractivity contribution < 1.29 is 0 Å². The van der Waals surface area contributed by atoms with Crippen molar-refractivity contribution in [1.82, 2.24) is 0 Å². The van der Waals surface area contributed by atoms with Gasteiger partial charge in [-0.2, -0.15) is 11.8 Å². The summed E-state index contributed by atoms with van der Waals surface area (Å²) >= 11 is 1.91. The van der Waals surface area contributed by atoms with Crippen LogP contribution in [0.4, 0.5) is 0 Å². The first-order valence-corrected chi connectivity index (χ1v) is 5.92. The maximum Gasteiger partial charge on any atom is 0.108 e. The molecule has 0 aliphatic carbocycles. The van der Waals surface area contributed by atoms with Gasteiger partial charge in [-0.05, 0) is 31.6 Å². The van der Waals surface area contributed by atoms with E-state index in [1.54, 1.807) is 13.1 Å². The molecule has 14 heavy (non-hydrogen) atoms. The van der Waals surface area contributed by atoms with Gasteiger partial charge < -0.3 is 0 Å². The van der Waals surface area contributed by atoms with Crippen LogP contribution in [0.15, 0.2) is 22.6 Å². The molecule has 0 aliphatic rings. The minimum Gasteiger partial charge on any atom is -0.277 e. The molecule has 0 radical (unpaired) electrons. The molecule has 0 bridgehead atoms. The molecule has 0 atom stereocenters. The molecule has 0 rings (SSSR count). The lowest BCUT2D eigenvalue weighted by Gasteiger charge is -1.95. The standard InChI is InChI=1S/C5H12S.C3H6N2.C3H6/c1-5(2)4-6-3;1-4-3-5-2;1-3-2/h5H,4H2,1-3H3;3H,1H2,2H3;3H,1H2,2H3. The summed E-state index contributed by atoms with van der Waals surface area (Å²) in [5.41, 5.74) is 0. The Morgan fingerprint density at radius 3 is 1.86 bits per heavy atom. The molecule has 3 heteroatoms. The normalized spacial score (nSPS) is 8.43. The summed E-state index contributed by atoms with van der Waals surface area (Å²) in [6, 6.07) is 0. The van der Waals surface area contributed by atoms with Crippen LogP contribution in [0.25, 0.3) is 0 Å². The van der Waals surface area contributed by atoms with Crippen LogP contribution >= 0.6 is 11.8 Å². The first-order valence-electron chi connectivity index (χ1n) is 4.53. The Morgan fingerprint density at radius 1 is 1.43 bits per heavy atom. The molecule has 0 fully saturated rings. The lowest BCUT2D eigenvalue weighted by molar-refractivity contribution is 0.751. The highest BCUT2D eigenvalue weighted by Crippen LogP contribution is 2.00. The van der Waals surface area contributed by atoms with E-state index >= 15 is 0 Å². The zero-order chi connectivity index (χ0) is 11.8. The van der Waals surface area contributed by atoms with Crippen LogP contribution < -0.4 is 0 Å². The van der Waals surface area contributed by atoms with Crippen molar-refractivity contribution in [1.29, 1.82) is 0 Å². The van der Waals surface area contributed by atoms with E-state index in [0.29, 0.717) is 0 Å². The van der Waals surface area contributed by atoms with Crippen molar-refractivity contribution >= 4 is 24.8 Å². The van der Waals surface area contributed by atoms with Gasteiger partial charge in [-0.25, -0.2) is 0 Å². The van der Waals surface area contributed by atoms with Crippen LogP contribution in [-0.2, 0) is 0 Å². The van der Waals surface area contributed by atoms with Crippen molar-refractivity contribution in [2.45, 2.75) is 20.8 Å². The smallest absolute Gasteiger partial charge is 0.108 e. The molecule has 0 aliphatic heterocycles. The van der Waals surface area contributed by atoms with Gasteiger partial charge in [0.05, 0.1) is 0 Å². The molecule has 0 heterocycles. The fraction of sp³-hybridized carbons (Fsp3) is 0.636. The van der Waals surface area contributed by atoms with Gasteiger partial charge in [0, 0.05) is 7.05 Å². The van der Waals surface area contributed by atoms with E-state index in [9.17, 15) is 0 Å². The van der Waals surface area contributed by atoms with E-state index in [2.05, 4.69) is 43.4 Å². The number of hydrogen-bond acceptors (Lipinski definition) is 2. The zero-order valence-corrected chi connectivity index (χ0v) is 11.0. The highest BCUT2D eigenvalue weighted by atomic mass is 32.2. The average molecular weight is 216 g/mol. The number of aliphatic imine (C=N–C) groups is 2. The number of thioether (sulfide) groups is 1. The summed E-state index contributed by atoms with van der Waals surface area (Å²) in [5.74, 6) is 2.15. The SMILES string of the molecule is C=CC.C=NC=NC.CSCC(C)C. The van der Waals surface area contributed by atoms with E-state index in [1.165, 1.54) is 12.1 Å². The van der Waals surface area contributed by atoms with Crippen molar-refractivity contribution in [2.75, 3.05) is 19.1 Å². The second-order valence-electron chi connectivity index (χ2n) is 2.81. The largest absolute Gasteiger partial charge is 0.277 e. The fourth-order valence-corrected chi connectivity index (χ4v) is 1.08. The van der Waals surface area contributed by atoms with Crippen LogP contribution in [0.5, 0.6) is 0 Å². The third-order valence-electron chi connectivity index (χ3n) is 0.697. The highest BCUT2D eigenvalue weighted by Gasteiger charge is 1.85. The summed E-state index contributed by atoms with van der Waals surface area (Å²) in [4.78, 5) is 6.81. The number of hydrogen-bond donors (Lipinski definition) is 0. The first kappa shape index (κ1) is 19.1. The van der Waals surface area contributed by atoms with Gasteiger partial charge in [-0.15, -0.1) is 6.58 Å². The number of allylic oxidation sites excluding steroid dienone is 1. The molecule has 0 unspecified atom stereocenters. The molecule has 84 valence electrons. The summed E-state index contributed by atoms with van der Waals surface area (Å²) in [6.07, 6.45) is 5.28. The van der Waals surface area contributed by atoms with Crippen LogP contribution in [0.2, 0.25) is 0 Å². The molecule has 0 N–H and O–H groups in total. The van der Waals surface area contributed by atoms with Crippen LogP contribution in [0.1, 0.15) is 20.8 Å². The third kappa shape index (κ3) is 63.4. The van der Waals surface area contributed by atoms with Gasteiger partial charge >= 0.3 is 0 Å². The van der Waals surface area contributed by atoms with Gasteiger partial charge in [0.2, 0.25) is 0 Å². The van der Waals surface area contributed by atoms with E-state index in [4.69, 9.17) is 0 Å². The second-order valence-corrected chi connectivity index (χ2v) is 3.72. The predicted molar refractivity (Wildman–Crippen MR) is 73.1 cm³/mol. The first-order chi connectivity index (χ1) is 6.60. The molecule has 2 nitrogen and oxygen atoms in total. The van der Waals surface area contributed by atoms with Gasteiger partial charge in [-0.1, -0.05) is 19.9 Å². The molecule has 0 saturated heterocycles. The predicted octanol–water partition coefficient (Wildman–Crippen LogP) is 3.54. The number of rotatable bonds is 3. The summed E-state index contributed by atoms with van der Waals surface area (Å²) in [5, 5.41) is 0. The molecule has 0 aromatic heterocycles. The quantitative estimate of drug-likeness (QED) is 0.402. The molecular weight excluding hydrogens is 192 g/mol. The molecule has 0 aromatic rings. The Hall–Kier alpha value is -0.570. The van der Waals surface area contributed by atoms with E-state index < -0.39 is 0 Å². The van der Waals surface area contributed by atoms with Gasteiger partial charge in [0.15, 0.2) is 0 Å². The Labute approximate surface area is 93.6 Å². The maximum absolute atomic E-state index is 3.50. The zero-order valence-electron chi connectivity index (χ0n) is 10.2. The van der Waals surface area contributed by atoms with Crippen LogP contribution in [0.3, 0.4) is 0 Å². The summed E-state index contributed by atoms with van der Waals surface area (Å²) in [6.45, 7) is 12.9. The van der Waals surface area contributed by atoms with Gasteiger partial charge in [0.25, 0.3) is 0 Å². The van der Waals surface area contributed by atoms with Crippen molar-refractivity contribution in [3.8, 4) is 0 Å². The van der Waals surface area contributed by atoms with Crippen molar-refractivity contribution in [3.05, 3.63) is 12.7 Å². The maximum atomic E-state index is 3.50. The average Bonchev–Trinajstić information content (AvgIpc) is 2.07. The van der Waals surface area contributed by atoms with Gasteiger partial charge in [-0.3, -0.25) is 9.98 Å².